The van der Waals surface area contributed by atoms with Crippen molar-refractivity contribution in [3.63, 3.8) is 0 Å². The number of nitrogens with zero attached hydrogens (tertiary/aromatic N) is 3. The van der Waals surface area contributed by atoms with Gasteiger partial charge in [-0.05, 0) is 18.2 Å². The Kier molecular flexibility index (Phi) is 3.95. The number of hydrogen-bond acceptors (Lipinski definition) is 5. The molecule has 2 heterocycles. The number of rotatable bonds is 4. The van der Waals surface area contributed by atoms with Gasteiger partial charge < -0.3 is 5.32 Å². The molecule has 0 unspecified atom stereocenters. The normalized spacial score (nSPS) is 12.3. The molecule has 0 radical (unpaired) electrons. The van der Waals surface area contributed by atoms with Gasteiger partial charge in [-0.2, -0.15) is 30.8 Å². The molecule has 1 aromatic carbocycles. The lowest BCUT2D eigenvalue weighted by atomic mass is 10.2. The van der Waals surface area contributed by atoms with E-state index in [2.05, 4.69) is 15.4 Å². The van der Waals surface area contributed by atoms with E-state index in [1.807, 2.05) is 0 Å². The van der Waals surface area contributed by atoms with Crippen LogP contribution < -0.4 is 5.32 Å². The summed E-state index contributed by atoms with van der Waals surface area (Å²) in [5.41, 5.74) is -1.02. The summed E-state index contributed by atoms with van der Waals surface area (Å²) in [7, 11) is -4.38. The second-order valence-corrected chi connectivity index (χ2v) is 6.68. The molecule has 1 amide bonds. The first-order valence-electron chi connectivity index (χ1n) is 6.70. The monoisotopic (exact) mass is 370 g/mol. The molecule has 0 saturated carbocycles. The minimum Gasteiger partial charge on any atom is -0.313 e. The van der Waals surface area contributed by atoms with E-state index in [-0.39, 0.29) is 11.3 Å². The van der Waals surface area contributed by atoms with Gasteiger partial charge in [0.15, 0.2) is 0 Å². The van der Waals surface area contributed by atoms with Crippen molar-refractivity contribution in [2.24, 2.45) is 0 Å². The number of hydrogen-bond donors (Lipinski definition) is 1. The standard InChI is InChI=1S/C14H9F3N4O3S/c15-14(16,17)10-2-1-3-11(4-10)25(23,24)21-12-5-13(19-8-22)18-6-9(12)7-20-21/h1-8H,(H,18,19,22). The van der Waals surface area contributed by atoms with Crippen LogP contribution >= 0.6 is 0 Å². The molecule has 130 valence electrons. The molecule has 0 aliphatic rings. The quantitative estimate of drug-likeness (QED) is 0.711. The molecule has 2 aromatic heterocycles. The summed E-state index contributed by atoms with van der Waals surface area (Å²) < 4.78 is 64.4. The molecule has 3 rings (SSSR count). The van der Waals surface area contributed by atoms with Gasteiger partial charge >= 0.3 is 6.18 Å². The number of fused-ring (bicyclic) bond motifs is 1. The average Bonchev–Trinajstić information content (AvgIpc) is 2.98. The van der Waals surface area contributed by atoms with Crippen molar-refractivity contribution in [1.82, 2.24) is 14.2 Å². The molecule has 0 fully saturated rings. The molecule has 0 aliphatic carbocycles. The van der Waals surface area contributed by atoms with Gasteiger partial charge in [0.2, 0.25) is 6.41 Å². The number of pyridine rings is 1. The van der Waals surface area contributed by atoms with E-state index in [4.69, 9.17) is 0 Å². The van der Waals surface area contributed by atoms with Gasteiger partial charge in [-0.1, -0.05) is 6.07 Å². The Morgan fingerprint density at radius 3 is 2.60 bits per heavy atom. The SMILES string of the molecule is O=CNc1cc2c(cn1)cnn2S(=O)(=O)c1cccc(C(F)(F)F)c1. The van der Waals surface area contributed by atoms with Gasteiger partial charge in [-0.15, -0.1) is 0 Å². The van der Waals surface area contributed by atoms with Crippen molar-refractivity contribution in [1.29, 1.82) is 0 Å². The predicted molar refractivity (Wildman–Crippen MR) is 81.2 cm³/mol. The Morgan fingerprint density at radius 1 is 1.16 bits per heavy atom. The van der Waals surface area contributed by atoms with Crippen molar-refractivity contribution in [3.8, 4) is 0 Å². The Bertz CT molecular complexity index is 1060. The molecule has 0 aliphatic heterocycles. The molecule has 0 spiro atoms. The zero-order valence-electron chi connectivity index (χ0n) is 12.2. The van der Waals surface area contributed by atoms with Gasteiger partial charge in [0, 0.05) is 17.6 Å². The summed E-state index contributed by atoms with van der Waals surface area (Å²) in [6, 6.07) is 4.61. The fraction of sp³-hybridized carbons (Fsp3) is 0.0714. The van der Waals surface area contributed by atoms with E-state index in [9.17, 15) is 26.4 Å². The molecule has 0 saturated heterocycles. The first kappa shape index (κ1) is 16.9. The third kappa shape index (κ3) is 3.05. The van der Waals surface area contributed by atoms with Crippen LogP contribution in [0.3, 0.4) is 0 Å². The van der Waals surface area contributed by atoms with E-state index in [0.717, 1.165) is 18.2 Å². The van der Waals surface area contributed by atoms with E-state index < -0.39 is 26.7 Å². The van der Waals surface area contributed by atoms with E-state index in [1.165, 1.54) is 18.5 Å². The number of aromatic nitrogens is 3. The van der Waals surface area contributed by atoms with Crippen LogP contribution in [0.2, 0.25) is 0 Å². The largest absolute Gasteiger partial charge is 0.416 e. The van der Waals surface area contributed by atoms with Gasteiger partial charge in [0.1, 0.15) is 5.82 Å². The predicted octanol–water partition coefficient (Wildman–Crippen LogP) is 2.26. The number of alkyl halides is 3. The lowest BCUT2D eigenvalue weighted by molar-refractivity contribution is -0.137. The van der Waals surface area contributed by atoms with Gasteiger partial charge in [-0.25, -0.2) is 4.98 Å². The number of halogens is 3. The zero-order chi connectivity index (χ0) is 18.2. The van der Waals surface area contributed by atoms with Crippen molar-refractivity contribution in [3.05, 3.63) is 48.3 Å². The number of amides is 1. The molecular weight excluding hydrogens is 361 g/mol. The molecule has 11 heteroatoms. The zero-order valence-corrected chi connectivity index (χ0v) is 13.0. The third-order valence-electron chi connectivity index (χ3n) is 3.31. The number of carbonyl (C=O) groups excluding carboxylic acids is 1. The van der Waals surface area contributed by atoms with Crippen LogP contribution in [0, 0.1) is 0 Å². The number of anilines is 1. The Balaban J connectivity index is 2.16. The first-order chi connectivity index (χ1) is 11.7. The van der Waals surface area contributed by atoms with Crippen LogP contribution in [0.25, 0.3) is 10.9 Å². The van der Waals surface area contributed by atoms with Crippen LogP contribution in [0.4, 0.5) is 19.0 Å². The average molecular weight is 370 g/mol. The second kappa shape index (κ2) is 5.84. The molecule has 25 heavy (non-hydrogen) atoms. The molecule has 3 aromatic rings. The minimum absolute atomic E-state index is 0.0664. The first-order valence-corrected chi connectivity index (χ1v) is 8.14. The maximum absolute atomic E-state index is 12.8. The highest BCUT2D eigenvalue weighted by molar-refractivity contribution is 7.90. The Hall–Kier alpha value is -2.95. The Morgan fingerprint density at radius 2 is 1.92 bits per heavy atom. The lowest BCUT2D eigenvalue weighted by Crippen LogP contribution is -2.16. The van der Waals surface area contributed by atoms with Crippen molar-refractivity contribution in [2.75, 3.05) is 5.32 Å². The van der Waals surface area contributed by atoms with Crippen LogP contribution in [0.5, 0.6) is 0 Å². The molecule has 7 nitrogen and oxygen atoms in total. The summed E-state index contributed by atoms with van der Waals surface area (Å²) in [5.74, 6) is 0.0727. The van der Waals surface area contributed by atoms with E-state index in [0.29, 0.717) is 21.9 Å². The third-order valence-corrected chi connectivity index (χ3v) is 4.91. The number of benzene rings is 1. The summed E-state index contributed by atoms with van der Waals surface area (Å²) >= 11 is 0. The summed E-state index contributed by atoms with van der Waals surface area (Å²) in [4.78, 5) is 13.8. The molecule has 0 atom stereocenters. The fourth-order valence-electron chi connectivity index (χ4n) is 2.16. The molecule has 0 bridgehead atoms. The summed E-state index contributed by atoms with van der Waals surface area (Å²) in [6.07, 6.45) is -1.83. The highest BCUT2D eigenvalue weighted by Gasteiger charge is 2.32. The summed E-state index contributed by atoms with van der Waals surface area (Å²) in [6.45, 7) is 0. The van der Waals surface area contributed by atoms with E-state index >= 15 is 0 Å². The maximum Gasteiger partial charge on any atom is 0.416 e. The fourth-order valence-corrected chi connectivity index (χ4v) is 3.48. The van der Waals surface area contributed by atoms with E-state index in [1.54, 1.807) is 0 Å². The maximum atomic E-state index is 12.8. The lowest BCUT2D eigenvalue weighted by Gasteiger charge is -2.10. The molecule has 1 N–H and O–H groups in total. The molecular formula is C14H9F3N4O3S. The van der Waals surface area contributed by atoms with Crippen LogP contribution in [-0.2, 0) is 21.0 Å². The topological polar surface area (TPSA) is 93.9 Å². The Labute approximate surface area is 139 Å². The van der Waals surface area contributed by atoms with Crippen molar-refractivity contribution in [2.45, 2.75) is 11.1 Å². The van der Waals surface area contributed by atoms with Crippen LogP contribution in [0.1, 0.15) is 5.56 Å². The highest BCUT2D eigenvalue weighted by Crippen LogP contribution is 2.31. The van der Waals surface area contributed by atoms with Crippen LogP contribution in [-0.4, -0.2) is 29.0 Å². The summed E-state index contributed by atoms with van der Waals surface area (Å²) in [5, 5.41) is 6.33. The number of carbonyl (C=O) groups is 1. The van der Waals surface area contributed by atoms with Crippen LogP contribution in [0.15, 0.2) is 47.6 Å². The number of nitrogens with one attached hydrogen (secondary N) is 1. The van der Waals surface area contributed by atoms with Gasteiger partial charge in [-0.3, -0.25) is 4.79 Å². The second-order valence-electron chi connectivity index (χ2n) is 4.91. The van der Waals surface area contributed by atoms with Gasteiger partial charge in [0.05, 0.1) is 22.2 Å². The van der Waals surface area contributed by atoms with Crippen molar-refractivity contribution < 1.29 is 26.4 Å². The highest BCUT2D eigenvalue weighted by atomic mass is 32.2. The minimum atomic E-state index is -4.68. The van der Waals surface area contributed by atoms with Crippen molar-refractivity contribution >= 4 is 33.2 Å². The smallest absolute Gasteiger partial charge is 0.313 e. The van der Waals surface area contributed by atoms with Gasteiger partial charge in [0.25, 0.3) is 10.0 Å².